The van der Waals surface area contributed by atoms with Gasteiger partial charge in [0.15, 0.2) is 0 Å². The number of halogens is 3. The van der Waals surface area contributed by atoms with Gasteiger partial charge in [-0.2, -0.15) is 13.2 Å². The number of rotatable bonds is 9. The molecule has 5 N–H and O–H groups in total. The van der Waals surface area contributed by atoms with Crippen LogP contribution in [0, 0.1) is 0 Å². The van der Waals surface area contributed by atoms with E-state index in [4.69, 9.17) is 10.8 Å². The molecule has 1 atom stereocenters. The minimum absolute atomic E-state index is 0.0821. The van der Waals surface area contributed by atoms with Crippen LogP contribution in [-0.4, -0.2) is 39.1 Å². The van der Waals surface area contributed by atoms with Crippen molar-refractivity contribution in [1.29, 1.82) is 0 Å². The van der Waals surface area contributed by atoms with E-state index in [2.05, 4.69) is 20.3 Å². The minimum atomic E-state index is -4.46. The third kappa shape index (κ3) is 5.90. The molecular formula is C20H22F3N5O2S. The Morgan fingerprint density at radius 1 is 1.29 bits per heavy atom. The number of carbonyl (C=O) groups is 1. The van der Waals surface area contributed by atoms with Crippen molar-refractivity contribution in [2.24, 2.45) is 5.73 Å². The van der Waals surface area contributed by atoms with Gasteiger partial charge in [0.2, 0.25) is 0 Å². The quantitative estimate of drug-likeness (QED) is 0.397. The molecule has 1 amide bonds. The molecule has 0 aromatic carbocycles. The number of aryl methyl sites for hydroxylation is 1. The summed E-state index contributed by atoms with van der Waals surface area (Å²) in [5.41, 5.74) is 6.66. The van der Waals surface area contributed by atoms with E-state index in [1.165, 1.54) is 23.5 Å². The fraction of sp³-hybridized carbons (Fsp3) is 0.350. The summed E-state index contributed by atoms with van der Waals surface area (Å²) in [5.74, 6) is -0.385. The second kappa shape index (κ2) is 10.0. The number of H-pyrrole nitrogens is 1. The lowest BCUT2D eigenvalue weighted by atomic mass is 10.2. The molecule has 0 aliphatic carbocycles. The molecule has 3 aromatic heterocycles. The molecule has 0 saturated carbocycles. The molecule has 0 bridgehead atoms. The van der Waals surface area contributed by atoms with Crippen LogP contribution >= 0.6 is 11.3 Å². The first-order valence-corrected chi connectivity index (χ1v) is 10.5. The maximum atomic E-state index is 12.7. The lowest BCUT2D eigenvalue weighted by Gasteiger charge is -2.15. The molecule has 0 radical (unpaired) electrons. The third-order valence-corrected chi connectivity index (χ3v) is 5.52. The van der Waals surface area contributed by atoms with Crippen molar-refractivity contribution in [3.05, 3.63) is 57.8 Å². The SMILES string of the molecule is NCCC(NC(=O)c1ccc(-c2ccc(C(F)(F)F)cn2)[nH]1)c1nc(CCCO)cs1. The number of hydrogen-bond donors (Lipinski definition) is 4. The van der Waals surface area contributed by atoms with Gasteiger partial charge in [-0.15, -0.1) is 11.3 Å². The van der Waals surface area contributed by atoms with Crippen LogP contribution in [0.25, 0.3) is 11.4 Å². The summed E-state index contributed by atoms with van der Waals surface area (Å²) < 4.78 is 38.1. The number of thiazole rings is 1. The largest absolute Gasteiger partial charge is 0.417 e. The van der Waals surface area contributed by atoms with Crippen molar-refractivity contribution >= 4 is 17.2 Å². The van der Waals surface area contributed by atoms with Crippen LogP contribution in [0.1, 0.15) is 45.6 Å². The summed E-state index contributed by atoms with van der Waals surface area (Å²) >= 11 is 1.42. The first-order valence-electron chi connectivity index (χ1n) is 9.60. The molecule has 3 aromatic rings. The van der Waals surface area contributed by atoms with Gasteiger partial charge < -0.3 is 21.1 Å². The number of aromatic amines is 1. The minimum Gasteiger partial charge on any atom is -0.396 e. The maximum Gasteiger partial charge on any atom is 0.417 e. The molecule has 11 heteroatoms. The Kier molecular flexibility index (Phi) is 7.42. The normalized spacial score (nSPS) is 12.7. The van der Waals surface area contributed by atoms with E-state index in [0.29, 0.717) is 37.2 Å². The van der Waals surface area contributed by atoms with Gasteiger partial charge in [-0.3, -0.25) is 9.78 Å². The predicted molar refractivity (Wildman–Crippen MR) is 110 cm³/mol. The number of nitrogens with one attached hydrogen (secondary N) is 2. The van der Waals surface area contributed by atoms with Gasteiger partial charge in [0.05, 0.1) is 28.7 Å². The van der Waals surface area contributed by atoms with Gasteiger partial charge >= 0.3 is 6.18 Å². The van der Waals surface area contributed by atoms with Gasteiger partial charge in [-0.05, 0) is 50.1 Å². The molecule has 0 fully saturated rings. The van der Waals surface area contributed by atoms with E-state index in [0.717, 1.165) is 23.0 Å². The number of nitrogens with zero attached hydrogens (tertiary/aromatic N) is 2. The smallest absolute Gasteiger partial charge is 0.396 e. The summed E-state index contributed by atoms with van der Waals surface area (Å²) in [4.78, 5) is 23.9. The van der Waals surface area contributed by atoms with Crippen LogP contribution in [0.5, 0.6) is 0 Å². The second-order valence-corrected chi connectivity index (χ2v) is 7.71. The summed E-state index contributed by atoms with van der Waals surface area (Å²) in [5, 5.41) is 14.5. The zero-order valence-corrected chi connectivity index (χ0v) is 17.3. The first-order chi connectivity index (χ1) is 14.8. The Hall–Kier alpha value is -2.76. The lowest BCUT2D eigenvalue weighted by molar-refractivity contribution is -0.137. The molecule has 3 heterocycles. The molecule has 1 unspecified atom stereocenters. The van der Waals surface area contributed by atoms with E-state index in [-0.39, 0.29) is 24.2 Å². The highest BCUT2D eigenvalue weighted by Crippen LogP contribution is 2.29. The highest BCUT2D eigenvalue weighted by atomic mass is 32.1. The average molecular weight is 453 g/mol. The van der Waals surface area contributed by atoms with Crippen molar-refractivity contribution < 1.29 is 23.1 Å². The molecule has 0 aliphatic rings. The topological polar surface area (TPSA) is 117 Å². The Bertz CT molecular complexity index is 1000. The highest BCUT2D eigenvalue weighted by Gasteiger charge is 2.30. The maximum absolute atomic E-state index is 12.7. The van der Waals surface area contributed by atoms with Crippen LogP contribution < -0.4 is 11.1 Å². The zero-order valence-electron chi connectivity index (χ0n) is 16.4. The van der Waals surface area contributed by atoms with E-state index < -0.39 is 11.7 Å². The van der Waals surface area contributed by atoms with Crippen molar-refractivity contribution in [2.75, 3.05) is 13.2 Å². The van der Waals surface area contributed by atoms with Gasteiger partial charge in [0.25, 0.3) is 5.91 Å². The number of aliphatic hydroxyl groups excluding tert-OH is 1. The number of alkyl halides is 3. The Morgan fingerprint density at radius 3 is 2.74 bits per heavy atom. The van der Waals surface area contributed by atoms with Gasteiger partial charge in [-0.25, -0.2) is 4.98 Å². The van der Waals surface area contributed by atoms with Crippen LogP contribution in [0.15, 0.2) is 35.8 Å². The number of aliphatic hydroxyl groups is 1. The number of hydrogen-bond acceptors (Lipinski definition) is 6. The Labute approximate surface area is 180 Å². The van der Waals surface area contributed by atoms with E-state index in [1.54, 1.807) is 6.07 Å². The highest BCUT2D eigenvalue weighted by molar-refractivity contribution is 7.09. The lowest BCUT2D eigenvalue weighted by Crippen LogP contribution is -2.30. The summed E-state index contributed by atoms with van der Waals surface area (Å²) in [6, 6.07) is 4.94. The van der Waals surface area contributed by atoms with Gasteiger partial charge in [0, 0.05) is 18.2 Å². The van der Waals surface area contributed by atoms with Gasteiger partial charge in [0.1, 0.15) is 10.7 Å². The Balaban J connectivity index is 1.70. The fourth-order valence-corrected chi connectivity index (χ4v) is 3.85. The number of pyridine rings is 1. The number of carbonyl (C=O) groups excluding carboxylic acids is 1. The predicted octanol–water partition coefficient (Wildman–Crippen LogP) is 3.30. The van der Waals surface area contributed by atoms with E-state index >= 15 is 0 Å². The van der Waals surface area contributed by atoms with E-state index in [9.17, 15) is 18.0 Å². The van der Waals surface area contributed by atoms with Crippen LogP contribution in [0.4, 0.5) is 13.2 Å². The van der Waals surface area contributed by atoms with E-state index in [1.807, 2.05) is 5.38 Å². The van der Waals surface area contributed by atoms with Crippen molar-refractivity contribution in [3.63, 3.8) is 0 Å². The second-order valence-electron chi connectivity index (χ2n) is 6.82. The number of amides is 1. The number of aromatic nitrogens is 3. The first kappa shape index (κ1) is 22.9. The summed E-state index contributed by atoms with van der Waals surface area (Å²) in [7, 11) is 0. The third-order valence-electron chi connectivity index (χ3n) is 4.52. The summed E-state index contributed by atoms with van der Waals surface area (Å²) in [6.45, 7) is 0.431. The molecule has 0 spiro atoms. The van der Waals surface area contributed by atoms with Crippen molar-refractivity contribution in [3.8, 4) is 11.4 Å². The molecule has 31 heavy (non-hydrogen) atoms. The molecule has 3 rings (SSSR count). The summed E-state index contributed by atoms with van der Waals surface area (Å²) in [6.07, 6.45) is -1.95. The molecule has 0 saturated heterocycles. The van der Waals surface area contributed by atoms with Crippen molar-refractivity contribution in [2.45, 2.75) is 31.5 Å². The molecule has 0 aliphatic heterocycles. The molecule has 166 valence electrons. The van der Waals surface area contributed by atoms with Crippen LogP contribution in [-0.2, 0) is 12.6 Å². The van der Waals surface area contributed by atoms with Crippen molar-refractivity contribution in [1.82, 2.24) is 20.3 Å². The average Bonchev–Trinajstić information content (AvgIpc) is 3.41. The van der Waals surface area contributed by atoms with Gasteiger partial charge in [-0.1, -0.05) is 0 Å². The van der Waals surface area contributed by atoms with Crippen LogP contribution in [0.3, 0.4) is 0 Å². The molecular weight excluding hydrogens is 431 g/mol. The van der Waals surface area contributed by atoms with Crippen LogP contribution in [0.2, 0.25) is 0 Å². The Morgan fingerprint density at radius 2 is 2.10 bits per heavy atom. The zero-order chi connectivity index (χ0) is 22.4. The standard InChI is InChI=1S/C20H22F3N5O2S/c21-20(22,23)12-3-4-14(25-10-12)15-5-6-16(27-15)18(30)28-17(7-8-24)19-26-13(11-31-19)2-1-9-29/h3-6,10-11,17,27,29H,1-2,7-9,24H2,(H,28,30). The fourth-order valence-electron chi connectivity index (χ4n) is 2.92. The monoisotopic (exact) mass is 453 g/mol. The molecule has 7 nitrogen and oxygen atoms in total. The number of nitrogens with two attached hydrogens (primary N) is 1.